The Labute approximate surface area is 126 Å². The normalized spacial score (nSPS) is 19.0. The molecule has 9 heteroatoms. The molecular formula is C12H15N3O4S2. The van der Waals surface area contributed by atoms with Gasteiger partial charge in [0.05, 0.1) is 24.7 Å². The van der Waals surface area contributed by atoms with Gasteiger partial charge in [0.25, 0.3) is 0 Å². The molecule has 1 aliphatic heterocycles. The summed E-state index contributed by atoms with van der Waals surface area (Å²) in [6, 6.07) is 3.61. The minimum atomic E-state index is -3.44. The van der Waals surface area contributed by atoms with E-state index in [0.29, 0.717) is 18.3 Å². The Kier molecular flexibility index (Phi) is 4.22. The summed E-state index contributed by atoms with van der Waals surface area (Å²) in [4.78, 5) is 0. The van der Waals surface area contributed by atoms with Crippen molar-refractivity contribution >= 4 is 26.3 Å². The molecule has 1 aliphatic rings. The van der Waals surface area contributed by atoms with E-state index in [4.69, 9.17) is 9.15 Å². The first kappa shape index (κ1) is 14.5. The Morgan fingerprint density at radius 1 is 1.43 bits per heavy atom. The van der Waals surface area contributed by atoms with Gasteiger partial charge in [-0.3, -0.25) is 0 Å². The van der Waals surface area contributed by atoms with E-state index in [1.54, 1.807) is 12.3 Å². The highest BCUT2D eigenvalue weighted by molar-refractivity contribution is 7.93. The maximum Gasteiger partial charge on any atom is 0.234 e. The smallest absolute Gasteiger partial charge is 0.234 e. The number of nitrogens with one attached hydrogen (secondary N) is 1. The molecule has 0 aliphatic carbocycles. The maximum absolute atomic E-state index is 12.2. The molecule has 0 bridgehead atoms. The SMILES string of the molecule is O=S(=O)(C[C@@H]1CCCO1)c1nnc(NCc2ccco2)s1. The Bertz CT molecular complexity index is 675. The van der Waals surface area contributed by atoms with Crippen molar-refractivity contribution in [3.05, 3.63) is 24.2 Å². The fraction of sp³-hybridized carbons (Fsp3) is 0.500. The van der Waals surface area contributed by atoms with Crippen LogP contribution >= 0.6 is 11.3 Å². The summed E-state index contributed by atoms with van der Waals surface area (Å²) >= 11 is 1.03. The molecule has 0 amide bonds. The van der Waals surface area contributed by atoms with Crippen LogP contribution in [0.25, 0.3) is 0 Å². The van der Waals surface area contributed by atoms with Gasteiger partial charge in [0.2, 0.25) is 19.3 Å². The average Bonchev–Trinajstić information content (AvgIpc) is 3.19. The number of hydrogen-bond acceptors (Lipinski definition) is 8. The molecule has 2 aromatic heterocycles. The van der Waals surface area contributed by atoms with Crippen molar-refractivity contribution in [2.24, 2.45) is 0 Å². The molecule has 0 saturated carbocycles. The topological polar surface area (TPSA) is 94.3 Å². The second-order valence-corrected chi connectivity index (χ2v) is 7.91. The highest BCUT2D eigenvalue weighted by Gasteiger charge is 2.27. The molecule has 0 spiro atoms. The van der Waals surface area contributed by atoms with Crippen molar-refractivity contribution in [3.8, 4) is 0 Å². The minimum Gasteiger partial charge on any atom is -0.467 e. The number of anilines is 1. The van der Waals surface area contributed by atoms with Gasteiger partial charge in [0.15, 0.2) is 0 Å². The zero-order chi connectivity index (χ0) is 14.7. The van der Waals surface area contributed by atoms with Gasteiger partial charge in [0.1, 0.15) is 5.76 Å². The second-order valence-electron chi connectivity index (χ2n) is 4.72. The first-order valence-electron chi connectivity index (χ1n) is 6.57. The van der Waals surface area contributed by atoms with Crippen LogP contribution in [0.3, 0.4) is 0 Å². The van der Waals surface area contributed by atoms with Gasteiger partial charge in [-0.1, -0.05) is 11.3 Å². The van der Waals surface area contributed by atoms with E-state index in [1.165, 1.54) is 0 Å². The van der Waals surface area contributed by atoms with Gasteiger partial charge < -0.3 is 14.5 Å². The monoisotopic (exact) mass is 329 g/mol. The van der Waals surface area contributed by atoms with Crippen molar-refractivity contribution in [1.82, 2.24) is 10.2 Å². The largest absolute Gasteiger partial charge is 0.467 e. The van der Waals surface area contributed by atoms with Gasteiger partial charge in [0, 0.05) is 6.61 Å². The third kappa shape index (κ3) is 3.60. The van der Waals surface area contributed by atoms with Crippen LogP contribution in [0.4, 0.5) is 5.13 Å². The summed E-state index contributed by atoms with van der Waals surface area (Å²) < 4.78 is 35.0. The lowest BCUT2D eigenvalue weighted by atomic mass is 10.3. The van der Waals surface area contributed by atoms with E-state index < -0.39 is 9.84 Å². The fourth-order valence-electron chi connectivity index (χ4n) is 2.07. The average molecular weight is 329 g/mol. The summed E-state index contributed by atoms with van der Waals surface area (Å²) in [6.07, 6.45) is 3.04. The quantitative estimate of drug-likeness (QED) is 0.862. The molecule has 21 heavy (non-hydrogen) atoms. The van der Waals surface area contributed by atoms with Crippen molar-refractivity contribution in [1.29, 1.82) is 0 Å². The molecule has 1 fully saturated rings. The molecule has 1 atom stereocenters. The maximum atomic E-state index is 12.2. The third-order valence-corrected chi connectivity index (χ3v) is 6.21. The number of furan rings is 1. The zero-order valence-corrected chi connectivity index (χ0v) is 12.8. The van der Waals surface area contributed by atoms with Crippen LogP contribution in [0.1, 0.15) is 18.6 Å². The molecule has 0 aromatic carbocycles. The van der Waals surface area contributed by atoms with Crippen LogP contribution in [-0.4, -0.2) is 37.1 Å². The Hall–Kier alpha value is -1.45. The van der Waals surface area contributed by atoms with Crippen molar-refractivity contribution < 1.29 is 17.6 Å². The molecule has 1 saturated heterocycles. The second kappa shape index (κ2) is 6.12. The molecule has 3 rings (SSSR count). The minimum absolute atomic E-state index is 0.0277. The predicted molar refractivity (Wildman–Crippen MR) is 77.0 cm³/mol. The fourth-order valence-corrected chi connectivity index (χ4v) is 4.56. The molecule has 0 radical (unpaired) electrons. The van der Waals surface area contributed by atoms with Gasteiger partial charge in [-0.05, 0) is 25.0 Å². The lowest BCUT2D eigenvalue weighted by Crippen LogP contribution is -2.20. The molecular weight excluding hydrogens is 314 g/mol. The van der Waals surface area contributed by atoms with Crippen LogP contribution in [0.5, 0.6) is 0 Å². The van der Waals surface area contributed by atoms with Crippen LogP contribution in [0.2, 0.25) is 0 Å². The number of ether oxygens (including phenoxy) is 1. The number of nitrogens with zero attached hydrogens (tertiary/aromatic N) is 2. The molecule has 114 valence electrons. The molecule has 1 N–H and O–H groups in total. The first-order chi connectivity index (χ1) is 10.1. The van der Waals surface area contributed by atoms with E-state index in [0.717, 1.165) is 29.9 Å². The lowest BCUT2D eigenvalue weighted by molar-refractivity contribution is 0.127. The number of sulfone groups is 1. The van der Waals surface area contributed by atoms with Gasteiger partial charge in [-0.2, -0.15) is 0 Å². The van der Waals surface area contributed by atoms with Crippen molar-refractivity contribution in [3.63, 3.8) is 0 Å². The summed E-state index contributed by atoms with van der Waals surface area (Å²) in [7, 11) is -3.44. The summed E-state index contributed by atoms with van der Waals surface area (Å²) in [5.74, 6) is 0.716. The van der Waals surface area contributed by atoms with Crippen molar-refractivity contribution in [2.75, 3.05) is 17.7 Å². The molecule has 7 nitrogen and oxygen atoms in total. The van der Waals surface area contributed by atoms with E-state index >= 15 is 0 Å². The van der Waals surface area contributed by atoms with E-state index in [2.05, 4.69) is 15.5 Å². The molecule has 0 unspecified atom stereocenters. The summed E-state index contributed by atoms with van der Waals surface area (Å²) in [6.45, 7) is 1.07. The standard InChI is InChI=1S/C12H15N3O4S2/c16-21(17,8-10-4-2-6-19-10)12-15-14-11(20-12)13-7-9-3-1-5-18-9/h1,3,5,10H,2,4,6-8H2,(H,13,14)/t10-/m0/s1. The number of rotatable bonds is 6. The van der Waals surface area contributed by atoms with Gasteiger partial charge >= 0.3 is 0 Å². The van der Waals surface area contributed by atoms with E-state index in [1.807, 2.05) is 6.07 Å². The van der Waals surface area contributed by atoms with Crippen molar-refractivity contribution in [2.45, 2.75) is 29.8 Å². The highest BCUT2D eigenvalue weighted by atomic mass is 32.2. The number of hydrogen-bond donors (Lipinski definition) is 1. The predicted octanol–water partition coefficient (Wildman–Crippen LogP) is 1.70. The van der Waals surface area contributed by atoms with Gasteiger partial charge in [-0.15, -0.1) is 10.2 Å². The van der Waals surface area contributed by atoms with E-state index in [-0.39, 0.29) is 16.2 Å². The Balaban J connectivity index is 1.63. The summed E-state index contributed by atoms with van der Waals surface area (Å²) in [5, 5.41) is 11.1. The van der Waals surface area contributed by atoms with Crippen LogP contribution in [0, 0.1) is 0 Å². The van der Waals surface area contributed by atoms with Crippen LogP contribution < -0.4 is 5.32 Å². The van der Waals surface area contributed by atoms with Crippen LogP contribution in [-0.2, 0) is 21.1 Å². The highest BCUT2D eigenvalue weighted by Crippen LogP contribution is 2.24. The number of aromatic nitrogens is 2. The summed E-state index contributed by atoms with van der Waals surface area (Å²) in [5.41, 5.74) is 0. The lowest BCUT2D eigenvalue weighted by Gasteiger charge is -2.07. The zero-order valence-electron chi connectivity index (χ0n) is 11.2. The first-order valence-corrected chi connectivity index (χ1v) is 9.04. The Morgan fingerprint density at radius 3 is 3.05 bits per heavy atom. The third-order valence-electron chi connectivity index (χ3n) is 3.10. The Morgan fingerprint density at radius 2 is 2.33 bits per heavy atom. The van der Waals surface area contributed by atoms with Gasteiger partial charge in [-0.25, -0.2) is 8.42 Å². The van der Waals surface area contributed by atoms with Crippen LogP contribution in [0.15, 0.2) is 27.2 Å². The molecule has 3 heterocycles. The van der Waals surface area contributed by atoms with E-state index in [9.17, 15) is 8.42 Å². The molecule has 2 aromatic rings.